The van der Waals surface area contributed by atoms with Gasteiger partial charge in [-0.25, -0.2) is 0 Å². The van der Waals surface area contributed by atoms with Gasteiger partial charge in [0.05, 0.1) is 17.7 Å². The van der Waals surface area contributed by atoms with Crippen LogP contribution >= 0.6 is 23.5 Å². The molecule has 2 saturated heterocycles. The number of thioether (sulfide) groups is 2. The Kier molecular flexibility index (Phi) is 4.95. The number of rotatable bonds is 3. The zero-order valence-corrected chi connectivity index (χ0v) is 13.7. The van der Waals surface area contributed by atoms with E-state index in [4.69, 9.17) is 10.5 Å². The summed E-state index contributed by atoms with van der Waals surface area (Å²) in [4.78, 5) is 25.3. The highest BCUT2D eigenvalue weighted by Crippen LogP contribution is 2.45. The van der Waals surface area contributed by atoms with Gasteiger partial charge in [-0.3, -0.25) is 9.59 Å². The highest BCUT2D eigenvalue weighted by atomic mass is 32.2. The molecule has 0 spiro atoms. The zero-order valence-electron chi connectivity index (χ0n) is 12.1. The summed E-state index contributed by atoms with van der Waals surface area (Å²) >= 11 is 3.88. The molecule has 0 bridgehead atoms. The fraction of sp³-hybridized carbons (Fsp3) is 0.467. The Balaban J connectivity index is 1.67. The van der Waals surface area contributed by atoms with Crippen LogP contribution in [0.1, 0.15) is 20.5 Å². The van der Waals surface area contributed by atoms with E-state index in [-0.39, 0.29) is 12.5 Å². The van der Waals surface area contributed by atoms with Crippen LogP contribution in [-0.4, -0.2) is 54.0 Å². The van der Waals surface area contributed by atoms with E-state index in [1.54, 1.807) is 4.90 Å². The minimum absolute atomic E-state index is 0.0761. The molecule has 2 N–H and O–H groups in total. The number of nitrogens with two attached hydrogens (primary N) is 1. The molecule has 0 saturated carbocycles. The number of carbonyl (C=O) groups is 2. The smallest absolute Gasteiger partial charge is 0.254 e. The fourth-order valence-electron chi connectivity index (χ4n) is 2.52. The van der Waals surface area contributed by atoms with Gasteiger partial charge < -0.3 is 15.4 Å². The first-order valence-electron chi connectivity index (χ1n) is 7.18. The summed E-state index contributed by atoms with van der Waals surface area (Å²) in [6.45, 7) is 1.05. The summed E-state index contributed by atoms with van der Waals surface area (Å²) in [5.41, 5.74) is 7.14. The molecule has 7 heteroatoms. The predicted molar refractivity (Wildman–Crippen MR) is 88.9 cm³/mol. The number of carbonyl (C=O) groups excluding carboxylic acids is 2. The third-order valence-corrected chi connectivity index (χ3v) is 6.83. The average molecular weight is 338 g/mol. The van der Waals surface area contributed by atoms with Crippen molar-refractivity contribution in [1.29, 1.82) is 0 Å². The van der Waals surface area contributed by atoms with Crippen molar-refractivity contribution in [2.24, 2.45) is 5.73 Å². The molecule has 0 aromatic heterocycles. The van der Waals surface area contributed by atoms with Gasteiger partial charge in [0.2, 0.25) is 5.91 Å². The topological polar surface area (TPSA) is 72.6 Å². The minimum Gasteiger partial charge on any atom is -0.367 e. The van der Waals surface area contributed by atoms with Crippen LogP contribution in [0.2, 0.25) is 0 Å². The first-order valence-corrected chi connectivity index (χ1v) is 9.28. The average Bonchev–Trinajstić information content (AvgIpc) is 3.09. The van der Waals surface area contributed by atoms with Crippen LogP contribution in [-0.2, 0) is 9.53 Å². The van der Waals surface area contributed by atoms with Crippen LogP contribution in [0.5, 0.6) is 0 Å². The van der Waals surface area contributed by atoms with Gasteiger partial charge in [-0.15, -0.1) is 23.5 Å². The maximum Gasteiger partial charge on any atom is 0.254 e. The molecular weight excluding hydrogens is 320 g/mol. The first-order chi connectivity index (χ1) is 10.6. The molecule has 0 radical (unpaired) electrons. The summed E-state index contributed by atoms with van der Waals surface area (Å²) in [5.74, 6) is 1.76. The quantitative estimate of drug-likeness (QED) is 0.904. The molecule has 2 amide bonds. The first kappa shape index (κ1) is 15.7. The monoisotopic (exact) mass is 338 g/mol. The van der Waals surface area contributed by atoms with Crippen molar-refractivity contribution < 1.29 is 14.3 Å². The lowest BCUT2D eigenvalue weighted by Crippen LogP contribution is -2.50. The van der Waals surface area contributed by atoms with Gasteiger partial charge in [0, 0.05) is 23.6 Å². The van der Waals surface area contributed by atoms with Gasteiger partial charge in [0.25, 0.3) is 5.91 Å². The molecule has 2 aliphatic rings. The third-order valence-electron chi connectivity index (χ3n) is 3.72. The number of nitrogens with zero attached hydrogens (tertiary/aromatic N) is 1. The molecule has 3 rings (SSSR count). The van der Waals surface area contributed by atoms with Crippen LogP contribution < -0.4 is 5.73 Å². The Bertz CT molecular complexity index is 558. The molecule has 1 aromatic rings. The third kappa shape index (κ3) is 3.42. The van der Waals surface area contributed by atoms with E-state index in [1.165, 1.54) is 17.1 Å². The molecule has 5 nitrogen and oxygen atoms in total. The second-order valence-electron chi connectivity index (χ2n) is 5.21. The molecule has 1 atom stereocenters. The second kappa shape index (κ2) is 6.93. The van der Waals surface area contributed by atoms with Crippen molar-refractivity contribution in [2.45, 2.75) is 10.7 Å². The minimum atomic E-state index is -0.705. The molecule has 1 aromatic carbocycles. The SMILES string of the molecule is NC(=O)[C@@H]1CN(C(=O)c2ccc(C3SCCS3)cc2)CCO1. The normalized spacial score (nSPS) is 22.7. The summed E-state index contributed by atoms with van der Waals surface area (Å²) in [6, 6.07) is 7.78. The van der Waals surface area contributed by atoms with E-state index < -0.39 is 12.0 Å². The molecule has 0 aliphatic carbocycles. The van der Waals surface area contributed by atoms with Crippen LogP contribution in [0.4, 0.5) is 0 Å². The van der Waals surface area contributed by atoms with Crippen LogP contribution in [0, 0.1) is 0 Å². The largest absolute Gasteiger partial charge is 0.367 e. The van der Waals surface area contributed by atoms with Gasteiger partial charge in [-0.2, -0.15) is 0 Å². The highest BCUT2D eigenvalue weighted by Gasteiger charge is 2.28. The summed E-state index contributed by atoms with van der Waals surface area (Å²) < 4.78 is 5.75. The van der Waals surface area contributed by atoms with Crippen molar-refractivity contribution in [3.8, 4) is 0 Å². The lowest BCUT2D eigenvalue weighted by molar-refractivity contribution is -0.133. The number of benzene rings is 1. The van der Waals surface area contributed by atoms with Gasteiger partial charge >= 0.3 is 0 Å². The lowest BCUT2D eigenvalue weighted by atomic mass is 10.1. The van der Waals surface area contributed by atoms with Gasteiger partial charge in [-0.1, -0.05) is 12.1 Å². The van der Waals surface area contributed by atoms with E-state index >= 15 is 0 Å². The Labute approximate surface area is 137 Å². The number of amides is 2. The molecular formula is C15H18N2O3S2. The van der Waals surface area contributed by atoms with Crippen LogP contribution in [0.25, 0.3) is 0 Å². The molecule has 2 fully saturated rings. The van der Waals surface area contributed by atoms with Crippen LogP contribution in [0.3, 0.4) is 0 Å². The number of hydrogen-bond acceptors (Lipinski definition) is 5. The second-order valence-corrected chi connectivity index (χ2v) is 7.93. The number of morpholine rings is 1. The molecule has 0 unspecified atom stereocenters. The van der Waals surface area contributed by atoms with E-state index in [0.717, 1.165) is 0 Å². The number of ether oxygens (including phenoxy) is 1. The van der Waals surface area contributed by atoms with Crippen molar-refractivity contribution in [2.75, 3.05) is 31.2 Å². The van der Waals surface area contributed by atoms with Gasteiger partial charge in [0.1, 0.15) is 0 Å². The van der Waals surface area contributed by atoms with Crippen molar-refractivity contribution >= 4 is 35.3 Å². The Morgan fingerprint density at radius 2 is 1.86 bits per heavy atom. The van der Waals surface area contributed by atoms with E-state index in [9.17, 15) is 9.59 Å². The number of primary amides is 1. The molecule has 2 aliphatic heterocycles. The van der Waals surface area contributed by atoms with Crippen LogP contribution in [0.15, 0.2) is 24.3 Å². The van der Waals surface area contributed by atoms with E-state index in [2.05, 4.69) is 0 Å². The zero-order chi connectivity index (χ0) is 15.5. The summed E-state index contributed by atoms with van der Waals surface area (Å²) in [6.07, 6.45) is -0.705. The van der Waals surface area contributed by atoms with Crippen molar-refractivity contribution in [1.82, 2.24) is 4.90 Å². The van der Waals surface area contributed by atoms with E-state index in [0.29, 0.717) is 23.3 Å². The Morgan fingerprint density at radius 1 is 1.18 bits per heavy atom. The predicted octanol–water partition coefficient (Wildman–Crippen LogP) is 1.49. The van der Waals surface area contributed by atoms with Crippen molar-refractivity contribution in [3.63, 3.8) is 0 Å². The fourth-order valence-corrected chi connectivity index (χ4v) is 5.38. The summed E-state index contributed by atoms with van der Waals surface area (Å²) in [5, 5.41) is 0. The standard InChI is InChI=1S/C15H18N2O3S2/c16-13(18)12-9-17(5-6-20-12)14(19)10-1-3-11(4-2-10)15-21-7-8-22-15/h1-4,12,15H,5-9H2,(H2,16,18)/t12-/m0/s1. The maximum atomic E-state index is 12.5. The molecule has 118 valence electrons. The maximum absolute atomic E-state index is 12.5. The molecule has 22 heavy (non-hydrogen) atoms. The highest BCUT2D eigenvalue weighted by molar-refractivity contribution is 8.19. The Hall–Kier alpha value is -1.18. The summed E-state index contributed by atoms with van der Waals surface area (Å²) in [7, 11) is 0. The van der Waals surface area contributed by atoms with Gasteiger partial charge in [0.15, 0.2) is 6.10 Å². The molecule has 2 heterocycles. The van der Waals surface area contributed by atoms with Gasteiger partial charge in [-0.05, 0) is 17.7 Å². The van der Waals surface area contributed by atoms with E-state index in [1.807, 2.05) is 47.8 Å². The lowest BCUT2D eigenvalue weighted by Gasteiger charge is -2.31. The number of hydrogen-bond donors (Lipinski definition) is 1. The Morgan fingerprint density at radius 3 is 2.50 bits per heavy atom. The van der Waals surface area contributed by atoms with Crippen molar-refractivity contribution in [3.05, 3.63) is 35.4 Å².